The van der Waals surface area contributed by atoms with Gasteiger partial charge >= 0.3 is 5.97 Å². The summed E-state index contributed by atoms with van der Waals surface area (Å²) in [6.07, 6.45) is -1.23. The van der Waals surface area contributed by atoms with E-state index in [-0.39, 0.29) is 0 Å². The molecule has 1 N–H and O–H groups in total. The van der Waals surface area contributed by atoms with Crippen LogP contribution in [0.4, 0.5) is 0 Å². The summed E-state index contributed by atoms with van der Waals surface area (Å²) in [5.41, 5.74) is 8.30. The van der Waals surface area contributed by atoms with Crippen LogP contribution in [0.25, 0.3) is 10.4 Å². The second-order valence-corrected chi connectivity index (χ2v) is 5.04. The van der Waals surface area contributed by atoms with Crippen LogP contribution in [0.5, 0.6) is 0 Å². The maximum Gasteiger partial charge on any atom is 0.318 e. The maximum atomic E-state index is 11.9. The van der Waals surface area contributed by atoms with Crippen molar-refractivity contribution in [3.8, 4) is 0 Å². The third-order valence-corrected chi connectivity index (χ3v) is 2.26. The number of carbonyl (C=O) groups is 1. The highest BCUT2D eigenvalue weighted by Crippen LogP contribution is 2.22. The lowest BCUT2D eigenvalue weighted by atomic mass is 10.0. The van der Waals surface area contributed by atoms with E-state index in [1.807, 2.05) is 0 Å². The maximum absolute atomic E-state index is 11.9. The van der Waals surface area contributed by atoms with Crippen LogP contribution in [0.3, 0.4) is 0 Å². The molecule has 0 spiro atoms. The number of azide groups is 1. The number of ether oxygens (including phenoxy) is 1. The van der Waals surface area contributed by atoms with Crippen LogP contribution in [0.2, 0.25) is 0 Å². The Bertz CT molecular complexity index is 476. The third kappa shape index (κ3) is 4.62. The van der Waals surface area contributed by atoms with Crippen LogP contribution in [-0.2, 0) is 9.53 Å². The molecule has 0 unspecified atom stereocenters. The van der Waals surface area contributed by atoms with Crippen molar-refractivity contribution in [3.05, 3.63) is 46.3 Å². The number of aliphatic hydroxyl groups excluding tert-OH is 1. The van der Waals surface area contributed by atoms with Gasteiger partial charge in [0.05, 0.1) is 6.10 Å². The van der Waals surface area contributed by atoms with Gasteiger partial charge in [-0.3, -0.25) is 4.79 Å². The van der Waals surface area contributed by atoms with Crippen molar-refractivity contribution in [2.45, 2.75) is 38.5 Å². The van der Waals surface area contributed by atoms with E-state index in [9.17, 15) is 9.90 Å². The van der Waals surface area contributed by atoms with Crippen LogP contribution >= 0.6 is 0 Å². The van der Waals surface area contributed by atoms with Crippen molar-refractivity contribution in [2.75, 3.05) is 0 Å². The molecule has 1 aromatic carbocycles. The molecule has 1 rings (SSSR count). The minimum Gasteiger partial charge on any atom is -0.460 e. The molecule has 0 radical (unpaired) electrons. The van der Waals surface area contributed by atoms with Gasteiger partial charge in [-0.25, -0.2) is 0 Å². The lowest BCUT2D eigenvalue weighted by molar-refractivity contribution is -0.159. The van der Waals surface area contributed by atoms with E-state index in [1.54, 1.807) is 51.1 Å². The Morgan fingerprint density at radius 2 is 1.95 bits per heavy atom. The molecule has 6 heteroatoms. The van der Waals surface area contributed by atoms with E-state index in [4.69, 9.17) is 10.3 Å². The van der Waals surface area contributed by atoms with Crippen LogP contribution in [0.15, 0.2) is 35.4 Å². The summed E-state index contributed by atoms with van der Waals surface area (Å²) >= 11 is 0. The van der Waals surface area contributed by atoms with Gasteiger partial charge in [0, 0.05) is 4.91 Å². The fourth-order valence-electron chi connectivity index (χ4n) is 1.49. The Balaban J connectivity index is 2.95. The molecule has 0 saturated carbocycles. The lowest BCUT2D eigenvalue weighted by Crippen LogP contribution is -2.34. The number of carbonyl (C=O) groups excluding carboxylic acids is 1. The van der Waals surface area contributed by atoms with Crippen LogP contribution in [0.1, 0.15) is 32.4 Å². The molecular weight excluding hydrogens is 246 g/mol. The number of nitrogens with zero attached hydrogens (tertiary/aromatic N) is 3. The Kier molecular flexibility index (Phi) is 4.92. The normalized spacial score (nSPS) is 14.1. The average molecular weight is 263 g/mol. The lowest BCUT2D eigenvalue weighted by Gasteiger charge is -2.24. The Labute approximate surface area is 111 Å². The molecule has 102 valence electrons. The van der Waals surface area contributed by atoms with Crippen molar-refractivity contribution in [3.63, 3.8) is 0 Å². The van der Waals surface area contributed by atoms with Gasteiger partial charge in [-0.15, -0.1) is 0 Å². The smallest absolute Gasteiger partial charge is 0.318 e. The molecule has 6 nitrogen and oxygen atoms in total. The summed E-state index contributed by atoms with van der Waals surface area (Å²) in [7, 11) is 0. The first-order valence-electron chi connectivity index (χ1n) is 5.85. The molecular formula is C13H17N3O3. The molecule has 1 aromatic rings. The molecule has 0 fully saturated rings. The highest BCUT2D eigenvalue weighted by atomic mass is 16.6. The van der Waals surface area contributed by atoms with Crippen molar-refractivity contribution < 1.29 is 14.6 Å². The van der Waals surface area contributed by atoms with Gasteiger partial charge in [0.1, 0.15) is 5.60 Å². The van der Waals surface area contributed by atoms with E-state index >= 15 is 0 Å². The first kappa shape index (κ1) is 15.0. The quantitative estimate of drug-likeness (QED) is 0.391. The van der Waals surface area contributed by atoms with Crippen LogP contribution in [-0.4, -0.2) is 22.7 Å². The zero-order valence-electron chi connectivity index (χ0n) is 11.1. The Morgan fingerprint density at radius 3 is 2.42 bits per heavy atom. The van der Waals surface area contributed by atoms with E-state index in [1.165, 1.54) is 0 Å². The standard InChI is InChI=1S/C13H17N3O3/c1-13(2,3)19-12(18)10(15-16-14)11(17)9-7-5-4-6-8-9/h4-8,10-11,17H,1-3H3/t10-,11-/m1/s1. The second kappa shape index (κ2) is 6.22. The number of benzene rings is 1. The zero-order chi connectivity index (χ0) is 14.5. The van der Waals surface area contributed by atoms with Gasteiger partial charge in [-0.1, -0.05) is 35.4 Å². The number of aliphatic hydroxyl groups is 1. The van der Waals surface area contributed by atoms with E-state index in [2.05, 4.69) is 10.0 Å². The summed E-state index contributed by atoms with van der Waals surface area (Å²) in [5, 5.41) is 13.5. The first-order valence-corrected chi connectivity index (χ1v) is 5.85. The molecule has 0 aliphatic heterocycles. The summed E-state index contributed by atoms with van der Waals surface area (Å²) in [4.78, 5) is 14.5. The third-order valence-electron chi connectivity index (χ3n) is 2.26. The van der Waals surface area contributed by atoms with Crippen molar-refractivity contribution in [1.82, 2.24) is 0 Å². The Hall–Kier alpha value is -2.04. The predicted molar refractivity (Wildman–Crippen MR) is 70.2 cm³/mol. The van der Waals surface area contributed by atoms with Gasteiger partial charge in [-0.05, 0) is 31.9 Å². The SMILES string of the molecule is CC(C)(C)OC(=O)[C@H](N=[N+]=[N-])[C@H](O)c1ccccc1. The largest absolute Gasteiger partial charge is 0.460 e. The van der Waals surface area contributed by atoms with Crippen LogP contribution < -0.4 is 0 Å². The van der Waals surface area contributed by atoms with Gasteiger partial charge in [0.25, 0.3) is 0 Å². The molecule has 0 aliphatic carbocycles. The molecule has 2 atom stereocenters. The summed E-state index contributed by atoms with van der Waals surface area (Å²) in [6, 6.07) is 7.23. The van der Waals surface area contributed by atoms with E-state index in [0.717, 1.165) is 0 Å². The predicted octanol–water partition coefficient (Wildman–Crippen LogP) is 2.74. The van der Waals surface area contributed by atoms with Crippen molar-refractivity contribution in [2.24, 2.45) is 5.11 Å². The zero-order valence-corrected chi connectivity index (χ0v) is 11.1. The average Bonchev–Trinajstić information content (AvgIpc) is 2.34. The van der Waals surface area contributed by atoms with Crippen LogP contribution in [0, 0.1) is 0 Å². The van der Waals surface area contributed by atoms with E-state index < -0.39 is 23.7 Å². The van der Waals surface area contributed by atoms with Gasteiger partial charge in [0.2, 0.25) is 0 Å². The monoisotopic (exact) mass is 263 g/mol. The molecule has 19 heavy (non-hydrogen) atoms. The van der Waals surface area contributed by atoms with Gasteiger partial charge in [0.15, 0.2) is 6.04 Å². The summed E-state index contributed by atoms with van der Waals surface area (Å²) in [6.45, 7) is 5.10. The van der Waals surface area contributed by atoms with E-state index in [0.29, 0.717) is 5.56 Å². The molecule has 0 bridgehead atoms. The van der Waals surface area contributed by atoms with Crippen molar-refractivity contribution in [1.29, 1.82) is 0 Å². The number of hydrogen-bond acceptors (Lipinski definition) is 4. The fraction of sp³-hybridized carbons (Fsp3) is 0.462. The Morgan fingerprint density at radius 1 is 1.37 bits per heavy atom. The summed E-state index contributed by atoms with van der Waals surface area (Å²) in [5.74, 6) is -0.748. The van der Waals surface area contributed by atoms with Crippen molar-refractivity contribution >= 4 is 5.97 Å². The van der Waals surface area contributed by atoms with Gasteiger partial charge < -0.3 is 9.84 Å². The minimum atomic E-state index is -1.30. The summed E-state index contributed by atoms with van der Waals surface area (Å²) < 4.78 is 5.13. The van der Waals surface area contributed by atoms with Gasteiger partial charge in [-0.2, -0.15) is 0 Å². The molecule has 0 saturated heterocycles. The number of hydrogen-bond donors (Lipinski definition) is 1. The fourth-order valence-corrected chi connectivity index (χ4v) is 1.49. The molecule has 0 heterocycles. The highest BCUT2D eigenvalue weighted by molar-refractivity contribution is 5.77. The highest BCUT2D eigenvalue weighted by Gasteiger charge is 2.31. The molecule has 0 aliphatic rings. The first-order chi connectivity index (χ1) is 8.85. The second-order valence-electron chi connectivity index (χ2n) is 5.04. The minimum absolute atomic E-state index is 0.491. The topological polar surface area (TPSA) is 95.3 Å². The number of esters is 1. The molecule has 0 aromatic heterocycles. The molecule has 0 amide bonds. The number of rotatable bonds is 4.